The number of pyridine rings is 1. The van der Waals surface area contributed by atoms with E-state index >= 15 is 0 Å². The molecule has 0 aromatic carbocycles. The Kier molecular flexibility index (Phi) is 4.14. The third-order valence-corrected chi connectivity index (χ3v) is 5.01. The smallest absolute Gasteiger partial charge is 0.345 e. The second-order valence-corrected chi connectivity index (χ2v) is 6.75. The Morgan fingerprint density at radius 3 is 2.58 bits per heavy atom. The van der Waals surface area contributed by atoms with E-state index in [2.05, 4.69) is 16.9 Å². The molecule has 128 valence electrons. The van der Waals surface area contributed by atoms with Gasteiger partial charge < -0.3 is 9.88 Å². The van der Waals surface area contributed by atoms with Gasteiger partial charge in [0.15, 0.2) is 0 Å². The lowest BCUT2D eigenvalue weighted by Crippen LogP contribution is -2.35. The Hall–Kier alpha value is -1.91. The van der Waals surface area contributed by atoms with E-state index in [0.29, 0.717) is 35.9 Å². The molecule has 8 heteroatoms. The summed E-state index contributed by atoms with van der Waals surface area (Å²) in [5.74, 6) is 0.563. The molecule has 2 aromatic rings. The van der Waals surface area contributed by atoms with E-state index in [-0.39, 0.29) is 16.1 Å². The maximum Gasteiger partial charge on any atom is 0.345 e. The van der Waals surface area contributed by atoms with Gasteiger partial charge >= 0.3 is 6.05 Å². The molecule has 1 aliphatic heterocycles. The third-order valence-electron chi connectivity index (χ3n) is 4.55. The second kappa shape index (κ2) is 5.87. The minimum absolute atomic E-state index is 0.192. The summed E-state index contributed by atoms with van der Waals surface area (Å²) in [6.45, 7) is 5.25. The lowest BCUT2D eigenvalue weighted by atomic mass is 9.97. The summed E-state index contributed by atoms with van der Waals surface area (Å²) in [5.41, 5.74) is 5.83. The summed E-state index contributed by atoms with van der Waals surface area (Å²) < 4.78 is 27.7. The molecule has 3 heterocycles. The Morgan fingerprint density at radius 1 is 1.42 bits per heavy atom. The fourth-order valence-electron chi connectivity index (χ4n) is 3.17. The van der Waals surface area contributed by atoms with Crippen LogP contribution in [0.5, 0.6) is 0 Å². The van der Waals surface area contributed by atoms with Crippen LogP contribution in [0.1, 0.15) is 36.7 Å². The number of aryl methyl sites for hydroxylation is 1. The van der Waals surface area contributed by atoms with Gasteiger partial charge in [-0.1, -0.05) is 18.5 Å². The van der Waals surface area contributed by atoms with Crippen molar-refractivity contribution in [1.82, 2.24) is 9.97 Å². The highest BCUT2D eigenvalue weighted by Crippen LogP contribution is 2.40. The Labute approximate surface area is 143 Å². The minimum atomic E-state index is -3.72. The van der Waals surface area contributed by atoms with Crippen molar-refractivity contribution >= 4 is 28.3 Å². The first kappa shape index (κ1) is 16.9. The van der Waals surface area contributed by atoms with Gasteiger partial charge in [-0.25, -0.2) is 4.98 Å². The number of halogens is 3. The number of hydrogen-bond donors (Lipinski definition) is 2. The fraction of sp³-hybridized carbons (Fsp3) is 0.500. The maximum absolute atomic E-state index is 13.9. The van der Waals surface area contributed by atoms with Gasteiger partial charge in [0.2, 0.25) is 0 Å². The Bertz CT molecular complexity index is 826. The number of anilines is 1. The van der Waals surface area contributed by atoms with Crippen LogP contribution < -0.4 is 10.6 Å². The highest BCUT2D eigenvalue weighted by Gasteiger charge is 2.36. The van der Waals surface area contributed by atoms with E-state index in [1.165, 1.54) is 0 Å². The molecule has 0 unspecified atom stereocenters. The number of nitriles is 1. The van der Waals surface area contributed by atoms with Crippen LogP contribution in [0.4, 0.5) is 14.5 Å². The summed E-state index contributed by atoms with van der Waals surface area (Å²) in [6, 6.07) is -1.84. The van der Waals surface area contributed by atoms with Crippen LogP contribution in [0.15, 0.2) is 0 Å². The van der Waals surface area contributed by atoms with Crippen molar-refractivity contribution in [1.29, 1.82) is 5.26 Å². The van der Waals surface area contributed by atoms with Gasteiger partial charge in [-0.3, -0.25) is 5.73 Å². The molecule has 1 fully saturated rings. The third kappa shape index (κ3) is 2.70. The number of piperidine rings is 1. The molecule has 0 aliphatic carbocycles. The number of alkyl halides is 2. The Balaban J connectivity index is 2.32. The zero-order valence-corrected chi connectivity index (χ0v) is 14.2. The van der Waals surface area contributed by atoms with Crippen molar-refractivity contribution in [3.05, 3.63) is 22.0 Å². The lowest BCUT2D eigenvalue weighted by molar-refractivity contribution is -0.00156. The number of H-pyrrole nitrogens is 1. The fourth-order valence-corrected chi connectivity index (χ4v) is 3.35. The van der Waals surface area contributed by atoms with Crippen molar-refractivity contribution in [3.8, 4) is 6.07 Å². The van der Waals surface area contributed by atoms with Gasteiger partial charge in [-0.15, -0.1) is 0 Å². The molecular formula is C16H18ClF2N5. The number of nitrogens with two attached hydrogens (primary N) is 1. The largest absolute Gasteiger partial charge is 0.369 e. The monoisotopic (exact) mass is 353 g/mol. The molecule has 3 N–H and O–H groups in total. The average molecular weight is 354 g/mol. The van der Waals surface area contributed by atoms with Gasteiger partial charge in [-0.2, -0.15) is 14.0 Å². The normalized spacial score (nSPS) is 16.6. The first-order valence-corrected chi connectivity index (χ1v) is 8.15. The SMILES string of the molecule is Cc1[nH]c2c(N3CCC(C)CC3)c(C#N)c(C(N)(F)F)nc2c1Cl. The molecule has 0 saturated carbocycles. The average Bonchev–Trinajstić information content (AvgIpc) is 2.80. The molecular weight excluding hydrogens is 336 g/mol. The first-order valence-electron chi connectivity index (χ1n) is 7.78. The first-order chi connectivity index (χ1) is 11.2. The van der Waals surface area contributed by atoms with E-state index < -0.39 is 11.7 Å². The van der Waals surface area contributed by atoms with Crippen LogP contribution in [0, 0.1) is 24.2 Å². The van der Waals surface area contributed by atoms with E-state index in [4.69, 9.17) is 17.3 Å². The quantitative estimate of drug-likeness (QED) is 0.807. The van der Waals surface area contributed by atoms with Crippen molar-refractivity contribution in [2.75, 3.05) is 18.0 Å². The summed E-state index contributed by atoms with van der Waals surface area (Å²) in [5, 5.41) is 9.80. The molecule has 0 atom stereocenters. The van der Waals surface area contributed by atoms with Crippen LogP contribution in [-0.2, 0) is 6.05 Å². The van der Waals surface area contributed by atoms with Crippen LogP contribution in [0.2, 0.25) is 5.02 Å². The highest BCUT2D eigenvalue weighted by atomic mass is 35.5. The lowest BCUT2D eigenvalue weighted by Gasteiger charge is -2.33. The number of hydrogen-bond acceptors (Lipinski definition) is 4. The number of nitrogens with one attached hydrogen (secondary N) is 1. The van der Waals surface area contributed by atoms with Gasteiger partial charge in [-0.05, 0) is 25.7 Å². The molecule has 0 spiro atoms. The summed E-state index contributed by atoms with van der Waals surface area (Å²) in [7, 11) is 0. The molecule has 2 aromatic heterocycles. The van der Waals surface area contributed by atoms with Crippen molar-refractivity contribution in [2.45, 2.75) is 32.7 Å². The number of fused-ring (bicyclic) bond motifs is 1. The van der Waals surface area contributed by atoms with Gasteiger partial charge in [0, 0.05) is 18.8 Å². The minimum Gasteiger partial charge on any atom is -0.369 e. The number of nitrogens with zero attached hydrogens (tertiary/aromatic N) is 3. The molecule has 0 bridgehead atoms. The number of aromatic nitrogens is 2. The van der Waals surface area contributed by atoms with Crippen LogP contribution in [0.3, 0.4) is 0 Å². The summed E-state index contributed by atoms with van der Waals surface area (Å²) >= 11 is 6.21. The highest BCUT2D eigenvalue weighted by molar-refractivity contribution is 6.36. The van der Waals surface area contributed by atoms with Gasteiger partial charge in [0.05, 0.1) is 16.2 Å². The van der Waals surface area contributed by atoms with Crippen LogP contribution >= 0.6 is 11.6 Å². The van der Waals surface area contributed by atoms with E-state index in [1.807, 2.05) is 11.0 Å². The molecule has 24 heavy (non-hydrogen) atoms. The van der Waals surface area contributed by atoms with Crippen LogP contribution in [0.25, 0.3) is 11.0 Å². The molecule has 5 nitrogen and oxygen atoms in total. The maximum atomic E-state index is 13.9. The number of aromatic amines is 1. The van der Waals surface area contributed by atoms with E-state index in [0.717, 1.165) is 12.8 Å². The van der Waals surface area contributed by atoms with Crippen molar-refractivity contribution in [2.24, 2.45) is 11.7 Å². The van der Waals surface area contributed by atoms with Crippen LogP contribution in [-0.4, -0.2) is 23.1 Å². The van der Waals surface area contributed by atoms with Gasteiger partial charge in [0.1, 0.15) is 22.8 Å². The van der Waals surface area contributed by atoms with Gasteiger partial charge in [0.25, 0.3) is 0 Å². The topological polar surface area (TPSA) is 81.7 Å². The Morgan fingerprint density at radius 2 is 2.04 bits per heavy atom. The molecule has 1 aliphatic rings. The van der Waals surface area contributed by atoms with E-state index in [1.54, 1.807) is 6.92 Å². The predicted molar refractivity (Wildman–Crippen MR) is 89.2 cm³/mol. The van der Waals surface area contributed by atoms with E-state index in [9.17, 15) is 14.0 Å². The summed E-state index contributed by atoms with van der Waals surface area (Å²) in [4.78, 5) is 8.95. The molecule has 0 radical (unpaired) electrons. The number of rotatable bonds is 2. The second-order valence-electron chi connectivity index (χ2n) is 6.38. The molecule has 3 rings (SSSR count). The molecule has 0 amide bonds. The summed E-state index contributed by atoms with van der Waals surface area (Å²) in [6.07, 6.45) is 1.85. The zero-order valence-electron chi connectivity index (χ0n) is 13.5. The molecule has 1 saturated heterocycles. The zero-order chi connectivity index (χ0) is 17.6. The predicted octanol–water partition coefficient (Wildman–Crippen LogP) is 3.64. The standard InChI is InChI=1S/C16H18ClF2N5/c1-8-3-5-24(6-4-8)14-10(7-20)15(16(18,19)21)23-12-11(17)9(2)22-13(12)14/h8,22H,3-6,21H2,1-2H3. The van der Waals surface area contributed by atoms with Crippen molar-refractivity contribution in [3.63, 3.8) is 0 Å². The van der Waals surface area contributed by atoms with Crippen molar-refractivity contribution < 1.29 is 8.78 Å².